The Morgan fingerprint density at radius 2 is 1.47 bits per heavy atom. The van der Waals surface area contributed by atoms with Crippen molar-refractivity contribution in [1.82, 2.24) is 10.6 Å². The Morgan fingerprint density at radius 3 is 1.93 bits per heavy atom. The summed E-state index contributed by atoms with van der Waals surface area (Å²) in [4.78, 5) is 46.2. The number of primary amides is 1. The van der Waals surface area contributed by atoms with Crippen LogP contribution in [0.2, 0.25) is 0 Å². The molecule has 0 saturated heterocycles. The molecule has 2 aromatic rings. The summed E-state index contributed by atoms with van der Waals surface area (Å²) in [5.74, 6) is -2.33. The number of nitrogens with two attached hydrogens (primary N) is 1. The van der Waals surface area contributed by atoms with Crippen molar-refractivity contribution in [3.05, 3.63) is 75.6 Å². The lowest BCUT2D eigenvalue weighted by Gasteiger charge is -2.22. The van der Waals surface area contributed by atoms with Crippen molar-refractivity contribution >= 4 is 23.4 Å². The van der Waals surface area contributed by atoms with E-state index in [-0.39, 0.29) is 18.5 Å². The number of rotatable bonds is 9. The second kappa shape index (κ2) is 10.1. The lowest BCUT2D eigenvalue weighted by molar-refractivity contribution is -0.384. The molecular formula is C20H21FN4O5. The number of hydrogen-bond donors (Lipinski definition) is 3. The first-order chi connectivity index (χ1) is 14.2. The average Bonchev–Trinajstić information content (AvgIpc) is 2.68. The van der Waals surface area contributed by atoms with Gasteiger partial charge >= 0.3 is 0 Å². The zero-order valence-corrected chi connectivity index (χ0v) is 16.1. The average molecular weight is 416 g/mol. The third-order valence-electron chi connectivity index (χ3n) is 4.29. The summed E-state index contributed by atoms with van der Waals surface area (Å²) in [7, 11) is 0. The number of amides is 3. The number of nitro benzene ring substituents is 1. The minimum atomic E-state index is -1.09. The lowest BCUT2D eigenvalue weighted by atomic mass is 10.0. The molecule has 0 saturated carbocycles. The SMILES string of the molecule is CC(=O)N[C@@H](Cc1ccc(F)cc1)C(=O)N[C@@H](Cc1ccc([N+](=O)[O-])cc1)C(N)=O. The van der Waals surface area contributed by atoms with Gasteiger partial charge in [0, 0.05) is 31.9 Å². The molecule has 30 heavy (non-hydrogen) atoms. The number of halogens is 1. The molecule has 10 heteroatoms. The third-order valence-corrected chi connectivity index (χ3v) is 4.29. The van der Waals surface area contributed by atoms with Gasteiger partial charge in [0.25, 0.3) is 5.69 Å². The number of non-ortho nitro benzene ring substituents is 1. The topological polar surface area (TPSA) is 144 Å². The highest BCUT2D eigenvalue weighted by Gasteiger charge is 2.25. The Labute approximate surface area is 171 Å². The van der Waals surface area contributed by atoms with E-state index in [9.17, 15) is 28.9 Å². The number of carbonyl (C=O) groups is 3. The van der Waals surface area contributed by atoms with Gasteiger partial charge < -0.3 is 16.4 Å². The van der Waals surface area contributed by atoms with Crippen LogP contribution < -0.4 is 16.4 Å². The number of nitro groups is 1. The molecule has 158 valence electrons. The predicted octanol–water partition coefficient (Wildman–Crippen LogP) is 0.994. The molecule has 4 N–H and O–H groups in total. The molecule has 2 atom stereocenters. The van der Waals surface area contributed by atoms with Crippen LogP contribution in [0.3, 0.4) is 0 Å². The fraction of sp³-hybridized carbons (Fsp3) is 0.250. The van der Waals surface area contributed by atoms with Gasteiger partial charge in [-0.05, 0) is 23.3 Å². The Hall–Kier alpha value is -3.82. The zero-order valence-electron chi connectivity index (χ0n) is 16.1. The van der Waals surface area contributed by atoms with E-state index in [1.165, 1.54) is 55.5 Å². The van der Waals surface area contributed by atoms with Crippen molar-refractivity contribution in [3.63, 3.8) is 0 Å². The van der Waals surface area contributed by atoms with Crippen LogP contribution in [-0.4, -0.2) is 34.7 Å². The van der Waals surface area contributed by atoms with Crippen molar-refractivity contribution < 1.29 is 23.7 Å². The molecule has 0 unspecified atom stereocenters. The molecule has 3 amide bonds. The van der Waals surface area contributed by atoms with Crippen LogP contribution in [0.4, 0.5) is 10.1 Å². The van der Waals surface area contributed by atoms with Crippen LogP contribution in [-0.2, 0) is 27.2 Å². The Morgan fingerprint density at radius 1 is 0.967 bits per heavy atom. The van der Waals surface area contributed by atoms with E-state index >= 15 is 0 Å². The Balaban J connectivity index is 2.12. The molecule has 0 aliphatic heterocycles. The molecule has 0 bridgehead atoms. The van der Waals surface area contributed by atoms with E-state index < -0.39 is 40.5 Å². The van der Waals surface area contributed by atoms with Gasteiger partial charge in [-0.2, -0.15) is 0 Å². The molecule has 0 spiro atoms. The molecule has 0 aliphatic carbocycles. The minimum Gasteiger partial charge on any atom is -0.368 e. The molecule has 9 nitrogen and oxygen atoms in total. The highest BCUT2D eigenvalue weighted by molar-refractivity contribution is 5.91. The number of hydrogen-bond acceptors (Lipinski definition) is 5. The van der Waals surface area contributed by atoms with Crippen molar-refractivity contribution in [2.24, 2.45) is 5.73 Å². The number of nitrogens with one attached hydrogen (secondary N) is 2. The predicted molar refractivity (Wildman–Crippen MR) is 106 cm³/mol. The van der Waals surface area contributed by atoms with E-state index in [1.54, 1.807) is 0 Å². The third kappa shape index (κ3) is 6.66. The molecule has 2 rings (SSSR count). The highest BCUT2D eigenvalue weighted by Crippen LogP contribution is 2.13. The summed E-state index contributed by atoms with van der Waals surface area (Å²) in [6.07, 6.45) is 0.0944. The van der Waals surface area contributed by atoms with Gasteiger partial charge in [0.15, 0.2) is 0 Å². The summed E-state index contributed by atoms with van der Waals surface area (Å²) in [5, 5.41) is 15.7. The maximum atomic E-state index is 13.1. The van der Waals surface area contributed by atoms with Crippen LogP contribution in [0.15, 0.2) is 48.5 Å². The van der Waals surface area contributed by atoms with Crippen molar-refractivity contribution in [3.8, 4) is 0 Å². The monoisotopic (exact) mass is 416 g/mol. The number of nitrogens with zero attached hydrogens (tertiary/aromatic N) is 1. The summed E-state index contributed by atoms with van der Waals surface area (Å²) < 4.78 is 13.1. The summed E-state index contributed by atoms with van der Waals surface area (Å²) in [6, 6.07) is 8.83. The van der Waals surface area contributed by atoms with Gasteiger partial charge in [-0.1, -0.05) is 24.3 Å². The quantitative estimate of drug-likeness (QED) is 0.412. The maximum absolute atomic E-state index is 13.1. The van der Waals surface area contributed by atoms with Crippen LogP contribution >= 0.6 is 0 Å². The Kier molecular flexibility index (Phi) is 7.56. The van der Waals surface area contributed by atoms with E-state index in [2.05, 4.69) is 10.6 Å². The number of benzene rings is 2. The van der Waals surface area contributed by atoms with Crippen LogP contribution in [0, 0.1) is 15.9 Å². The maximum Gasteiger partial charge on any atom is 0.269 e. The standard InChI is InChI=1S/C20H21FN4O5/c1-12(26)23-18(11-13-2-6-15(21)7-3-13)20(28)24-17(19(22)27)10-14-4-8-16(9-5-14)25(29)30/h2-9,17-18H,10-11H2,1H3,(H2,22,27)(H,23,26)(H,24,28)/t17-,18-/m0/s1. The van der Waals surface area contributed by atoms with Crippen molar-refractivity contribution in [1.29, 1.82) is 0 Å². The molecule has 0 fully saturated rings. The first-order valence-electron chi connectivity index (χ1n) is 9.00. The fourth-order valence-electron chi connectivity index (χ4n) is 2.80. The second-order valence-electron chi connectivity index (χ2n) is 6.67. The highest BCUT2D eigenvalue weighted by atomic mass is 19.1. The summed E-state index contributed by atoms with van der Waals surface area (Å²) >= 11 is 0. The van der Waals surface area contributed by atoms with Gasteiger partial charge in [-0.25, -0.2) is 4.39 Å². The molecule has 2 aromatic carbocycles. The Bertz CT molecular complexity index is 931. The van der Waals surface area contributed by atoms with Crippen LogP contribution in [0.5, 0.6) is 0 Å². The van der Waals surface area contributed by atoms with Gasteiger partial charge in [-0.15, -0.1) is 0 Å². The van der Waals surface area contributed by atoms with Crippen LogP contribution in [0.1, 0.15) is 18.1 Å². The largest absolute Gasteiger partial charge is 0.368 e. The smallest absolute Gasteiger partial charge is 0.269 e. The molecule has 0 heterocycles. The zero-order chi connectivity index (χ0) is 22.3. The van der Waals surface area contributed by atoms with E-state index in [0.717, 1.165) is 0 Å². The number of carbonyl (C=O) groups excluding carboxylic acids is 3. The van der Waals surface area contributed by atoms with Gasteiger partial charge in [0.05, 0.1) is 4.92 Å². The van der Waals surface area contributed by atoms with Gasteiger partial charge in [0.1, 0.15) is 17.9 Å². The fourth-order valence-corrected chi connectivity index (χ4v) is 2.80. The minimum absolute atomic E-state index is 0.0163. The van der Waals surface area contributed by atoms with E-state index in [0.29, 0.717) is 11.1 Å². The summed E-state index contributed by atoms with van der Waals surface area (Å²) in [5.41, 5.74) is 6.45. The molecular weight excluding hydrogens is 395 g/mol. The molecule has 0 radical (unpaired) electrons. The first-order valence-corrected chi connectivity index (χ1v) is 9.00. The molecule has 0 aliphatic rings. The normalized spacial score (nSPS) is 12.5. The van der Waals surface area contributed by atoms with Gasteiger partial charge in [0.2, 0.25) is 17.7 Å². The second-order valence-corrected chi connectivity index (χ2v) is 6.67. The first kappa shape index (κ1) is 22.5. The van der Waals surface area contributed by atoms with Gasteiger partial charge in [-0.3, -0.25) is 24.5 Å². The van der Waals surface area contributed by atoms with Crippen molar-refractivity contribution in [2.75, 3.05) is 0 Å². The lowest BCUT2D eigenvalue weighted by Crippen LogP contribution is -2.54. The summed E-state index contributed by atoms with van der Waals surface area (Å²) in [6.45, 7) is 1.24. The molecule has 0 aromatic heterocycles. The van der Waals surface area contributed by atoms with E-state index in [4.69, 9.17) is 5.73 Å². The van der Waals surface area contributed by atoms with E-state index in [1.807, 2.05) is 0 Å². The van der Waals surface area contributed by atoms with Crippen molar-refractivity contribution in [2.45, 2.75) is 31.8 Å². The van der Waals surface area contributed by atoms with Crippen LogP contribution in [0.25, 0.3) is 0 Å².